The van der Waals surface area contributed by atoms with Crippen LogP contribution >= 0.6 is 12.2 Å². The van der Waals surface area contributed by atoms with E-state index in [9.17, 15) is 20.2 Å². The van der Waals surface area contributed by atoms with Crippen LogP contribution in [0.5, 0.6) is 0 Å². The third-order valence-electron chi connectivity index (χ3n) is 4.72. The minimum absolute atomic E-state index is 0.00449. The molecule has 2 atom stereocenters. The molecule has 0 bridgehead atoms. The van der Waals surface area contributed by atoms with Crippen LogP contribution in [0.4, 0.5) is 5.69 Å². The Morgan fingerprint density at radius 3 is 2.52 bits per heavy atom. The second kappa shape index (κ2) is 6.05. The molecule has 1 N–H and O–H groups in total. The van der Waals surface area contributed by atoms with Gasteiger partial charge in [-0.15, -0.1) is 0 Å². The molecular weight excluding hydrogens is 338 g/mol. The summed E-state index contributed by atoms with van der Waals surface area (Å²) in [6.45, 7) is 4.05. The first-order valence-corrected chi connectivity index (χ1v) is 8.35. The summed E-state index contributed by atoms with van der Waals surface area (Å²) in [6, 6.07) is 8.20. The van der Waals surface area contributed by atoms with Crippen molar-refractivity contribution < 1.29 is 9.72 Å². The quantitative estimate of drug-likeness (QED) is 0.496. The fourth-order valence-corrected chi connectivity index (χ4v) is 3.96. The number of hydrogen-bond acceptors (Lipinski definition) is 5. The van der Waals surface area contributed by atoms with Crippen molar-refractivity contribution in [3.63, 3.8) is 0 Å². The maximum absolute atomic E-state index is 12.8. The smallest absolute Gasteiger partial charge is 0.269 e. The highest BCUT2D eigenvalue weighted by Gasteiger charge is 2.44. The van der Waals surface area contributed by atoms with Gasteiger partial charge in [-0.25, -0.2) is 0 Å². The number of nitro benzene ring substituents is 1. The number of nitrogens with one attached hydrogen (secondary N) is 1. The van der Waals surface area contributed by atoms with Crippen molar-refractivity contribution in [2.75, 3.05) is 0 Å². The fourth-order valence-electron chi connectivity index (χ4n) is 3.65. The molecule has 0 amide bonds. The summed E-state index contributed by atoms with van der Waals surface area (Å²) in [5, 5.41) is 23.6. The largest absolute Gasteiger partial charge is 0.352 e. The van der Waals surface area contributed by atoms with Crippen molar-refractivity contribution >= 4 is 28.7 Å². The molecule has 3 rings (SSSR count). The fraction of sp³-hybridized carbons (Fsp3) is 0.389. The Morgan fingerprint density at radius 2 is 1.96 bits per heavy atom. The predicted molar refractivity (Wildman–Crippen MR) is 95.7 cm³/mol. The molecule has 2 aliphatic rings. The van der Waals surface area contributed by atoms with Crippen LogP contribution in [0.1, 0.15) is 38.2 Å². The number of carbonyl (C=O) groups excluding carboxylic acids is 1. The first kappa shape index (κ1) is 17.2. The number of nitriles is 1. The van der Waals surface area contributed by atoms with Crippen molar-refractivity contribution in [1.29, 1.82) is 5.26 Å². The molecule has 1 aromatic carbocycles. The highest BCUT2D eigenvalue weighted by atomic mass is 32.1. The van der Waals surface area contributed by atoms with Gasteiger partial charge < -0.3 is 5.32 Å². The molecule has 1 aromatic rings. The molecule has 1 aliphatic heterocycles. The summed E-state index contributed by atoms with van der Waals surface area (Å²) in [7, 11) is 0. The summed E-state index contributed by atoms with van der Waals surface area (Å²) in [6.07, 6.45) is 1.08. The molecule has 0 fully saturated rings. The lowest BCUT2D eigenvalue weighted by molar-refractivity contribution is -0.384. The Kier molecular flexibility index (Phi) is 4.17. The molecule has 1 aliphatic carbocycles. The number of nitro groups is 1. The van der Waals surface area contributed by atoms with Gasteiger partial charge in [0.25, 0.3) is 5.69 Å². The normalized spacial score (nSPS) is 25.0. The number of allylic oxidation sites excluding steroid dienone is 2. The number of hydrogen-bond donors (Lipinski definition) is 1. The van der Waals surface area contributed by atoms with Gasteiger partial charge in [-0.3, -0.25) is 14.9 Å². The average Bonchev–Trinajstić information content (AvgIpc) is 2.52. The molecular formula is C18H17N3O3S. The summed E-state index contributed by atoms with van der Waals surface area (Å²) in [4.78, 5) is 23.6. The van der Waals surface area contributed by atoms with Crippen LogP contribution in [0, 0.1) is 32.8 Å². The minimum Gasteiger partial charge on any atom is -0.352 e. The second-order valence-electron chi connectivity index (χ2n) is 7.26. The summed E-state index contributed by atoms with van der Waals surface area (Å²) in [5.74, 6) is -1.15. The van der Waals surface area contributed by atoms with Crippen molar-refractivity contribution in [1.82, 2.24) is 5.32 Å². The molecule has 6 nitrogen and oxygen atoms in total. The lowest BCUT2D eigenvalue weighted by Crippen LogP contribution is -2.44. The first-order valence-electron chi connectivity index (χ1n) is 7.94. The van der Waals surface area contributed by atoms with Crippen LogP contribution in [-0.4, -0.2) is 15.7 Å². The van der Waals surface area contributed by atoms with Crippen molar-refractivity contribution in [3.8, 4) is 6.07 Å². The van der Waals surface area contributed by atoms with Gasteiger partial charge in [0.05, 0.1) is 16.0 Å². The topological polar surface area (TPSA) is 96.0 Å². The van der Waals surface area contributed by atoms with E-state index in [0.29, 0.717) is 29.0 Å². The van der Waals surface area contributed by atoms with Gasteiger partial charge in [-0.05, 0) is 17.4 Å². The van der Waals surface area contributed by atoms with Gasteiger partial charge in [-0.2, -0.15) is 5.26 Å². The Labute approximate surface area is 150 Å². The number of ketones is 1. The molecule has 7 heteroatoms. The van der Waals surface area contributed by atoms with Crippen LogP contribution in [0.25, 0.3) is 0 Å². The van der Waals surface area contributed by atoms with Crippen molar-refractivity contribution in [2.24, 2.45) is 11.3 Å². The van der Waals surface area contributed by atoms with E-state index in [1.54, 1.807) is 12.1 Å². The van der Waals surface area contributed by atoms with Crippen LogP contribution in [0.3, 0.4) is 0 Å². The molecule has 0 saturated heterocycles. The van der Waals surface area contributed by atoms with E-state index in [1.165, 1.54) is 12.1 Å². The van der Waals surface area contributed by atoms with Crippen LogP contribution in [-0.2, 0) is 4.79 Å². The highest BCUT2D eigenvalue weighted by Crippen LogP contribution is 2.46. The monoisotopic (exact) mass is 355 g/mol. The predicted octanol–water partition coefficient (Wildman–Crippen LogP) is 3.39. The molecule has 0 spiro atoms. The van der Waals surface area contributed by atoms with Crippen LogP contribution < -0.4 is 5.32 Å². The standard InChI is InChI=1S/C18H17N3O3S/c1-18(2)7-13-16(14(22)8-18)15(12(9-19)17(25)20-13)10-3-5-11(6-4-10)21(23)24/h3-6,12,15H,7-8H2,1-2H3,(H,20,25)/t12-,15-/m1/s1. The molecule has 0 saturated carbocycles. The zero-order chi connectivity index (χ0) is 18.4. The maximum atomic E-state index is 12.8. The summed E-state index contributed by atoms with van der Waals surface area (Å²) in [5.41, 5.74) is 1.87. The SMILES string of the molecule is CC1(C)CC(=O)C2=C(C1)NC(=S)[C@H](C#N)[C@H]2c1ccc([N+](=O)[O-])cc1. The minimum atomic E-state index is -0.666. The molecule has 128 valence electrons. The van der Waals surface area contributed by atoms with Crippen molar-refractivity contribution in [3.05, 3.63) is 51.2 Å². The number of rotatable bonds is 2. The van der Waals surface area contributed by atoms with E-state index in [-0.39, 0.29) is 16.9 Å². The van der Waals surface area contributed by atoms with E-state index in [2.05, 4.69) is 11.4 Å². The van der Waals surface area contributed by atoms with Crippen LogP contribution in [0.2, 0.25) is 0 Å². The summed E-state index contributed by atoms with van der Waals surface area (Å²) < 4.78 is 0. The van der Waals surface area contributed by atoms with Gasteiger partial charge in [0.15, 0.2) is 5.78 Å². The van der Waals surface area contributed by atoms with Gasteiger partial charge >= 0.3 is 0 Å². The number of benzene rings is 1. The lowest BCUT2D eigenvalue weighted by Gasteiger charge is -2.40. The van der Waals surface area contributed by atoms with Gasteiger partial charge in [0.1, 0.15) is 5.92 Å². The van der Waals surface area contributed by atoms with E-state index in [4.69, 9.17) is 12.2 Å². The van der Waals surface area contributed by atoms with E-state index in [1.807, 2.05) is 13.8 Å². The maximum Gasteiger partial charge on any atom is 0.269 e. The zero-order valence-corrected chi connectivity index (χ0v) is 14.7. The number of nitrogens with zero attached hydrogens (tertiary/aromatic N) is 2. The van der Waals surface area contributed by atoms with Crippen molar-refractivity contribution in [2.45, 2.75) is 32.6 Å². The molecule has 25 heavy (non-hydrogen) atoms. The molecule has 0 aromatic heterocycles. The zero-order valence-electron chi connectivity index (χ0n) is 13.9. The number of thiocarbonyl (C=S) groups is 1. The number of Topliss-reactive ketones (excluding diaryl/α,β-unsaturated/α-hetero) is 1. The molecule has 0 radical (unpaired) electrons. The third-order valence-corrected chi connectivity index (χ3v) is 5.08. The average molecular weight is 355 g/mol. The highest BCUT2D eigenvalue weighted by molar-refractivity contribution is 7.80. The molecule has 1 heterocycles. The third kappa shape index (κ3) is 3.05. The van der Waals surface area contributed by atoms with Gasteiger partial charge in [0.2, 0.25) is 0 Å². The molecule has 0 unspecified atom stereocenters. The Morgan fingerprint density at radius 1 is 1.32 bits per heavy atom. The van der Waals surface area contributed by atoms with Crippen LogP contribution in [0.15, 0.2) is 35.5 Å². The first-order chi connectivity index (χ1) is 11.7. The Hall–Kier alpha value is -2.59. The Bertz CT molecular complexity index is 849. The summed E-state index contributed by atoms with van der Waals surface area (Å²) >= 11 is 5.37. The number of carbonyl (C=O) groups is 1. The Balaban J connectivity index is 2.13. The van der Waals surface area contributed by atoms with Gasteiger partial charge in [-0.1, -0.05) is 38.2 Å². The van der Waals surface area contributed by atoms with E-state index < -0.39 is 16.8 Å². The lowest BCUT2D eigenvalue weighted by atomic mass is 9.67. The second-order valence-corrected chi connectivity index (χ2v) is 7.70. The van der Waals surface area contributed by atoms with E-state index in [0.717, 1.165) is 5.70 Å². The van der Waals surface area contributed by atoms with E-state index >= 15 is 0 Å². The number of non-ortho nitro benzene ring substituents is 1. The van der Waals surface area contributed by atoms with Gasteiger partial charge in [0, 0.05) is 35.7 Å².